The normalized spacial score (nSPS) is 27.8. The smallest absolute Gasteiger partial charge is 0.353 e. The van der Waals surface area contributed by atoms with Crippen LogP contribution in [0.15, 0.2) is 10.6 Å². The molecule has 13 nitrogen and oxygen atoms in total. The van der Waals surface area contributed by atoms with Gasteiger partial charge in [0.05, 0.1) is 18.0 Å². The molecule has 2 saturated heterocycles. The summed E-state index contributed by atoms with van der Waals surface area (Å²) in [6.07, 6.45) is -2.43. The van der Waals surface area contributed by atoms with Crippen molar-refractivity contribution in [3.63, 3.8) is 0 Å². The van der Waals surface area contributed by atoms with E-state index in [1.54, 1.807) is 21.0 Å². The van der Waals surface area contributed by atoms with Crippen LogP contribution in [0.3, 0.4) is 0 Å². The highest BCUT2D eigenvalue weighted by atomic mass is 32.2. The number of tetrazole rings is 1. The van der Waals surface area contributed by atoms with Crippen LogP contribution in [0.25, 0.3) is 0 Å². The number of carbonyl (C=O) groups is 4. The Hall–Kier alpha value is -3.14. The molecule has 0 unspecified atom stereocenters. The number of amides is 3. The van der Waals surface area contributed by atoms with Gasteiger partial charge in [0.15, 0.2) is 0 Å². The minimum atomic E-state index is -2.95. The number of aromatic nitrogens is 4. The molecule has 0 aromatic carbocycles. The van der Waals surface area contributed by atoms with Gasteiger partial charge < -0.3 is 25.5 Å². The molecule has 1 aromatic heterocycles. The molecule has 4 rings (SSSR count). The number of alkyl halides is 2. The molecule has 0 saturated carbocycles. The van der Waals surface area contributed by atoms with Crippen molar-refractivity contribution in [2.45, 2.75) is 56.6 Å². The Kier molecular flexibility index (Phi) is 7.50. The third kappa shape index (κ3) is 4.91. The number of carboxylic acid groups (broad SMARTS) is 1. The van der Waals surface area contributed by atoms with Crippen LogP contribution in [-0.2, 0) is 25.7 Å². The molecule has 202 valence electrons. The lowest BCUT2D eigenvalue weighted by Crippen LogP contribution is -2.66. The fourth-order valence-corrected chi connectivity index (χ4v) is 6.65. The summed E-state index contributed by atoms with van der Waals surface area (Å²) in [5.74, 6) is -4.12. The van der Waals surface area contributed by atoms with E-state index in [0.717, 1.165) is 0 Å². The molecular formula is C21H28F2N8O5S. The first-order valence-electron chi connectivity index (χ1n) is 11.7. The number of nitrogens with one attached hydrogen (secondary N) is 2. The Morgan fingerprint density at radius 2 is 2.03 bits per heavy atom. The maximum Gasteiger partial charge on any atom is 0.353 e. The number of thioether (sulfide) groups is 1. The molecule has 3 N–H and O–H groups in total. The molecule has 3 aliphatic heterocycles. The van der Waals surface area contributed by atoms with Crippen molar-refractivity contribution in [1.29, 1.82) is 0 Å². The van der Waals surface area contributed by atoms with Crippen LogP contribution in [0, 0.1) is 11.8 Å². The Morgan fingerprint density at radius 3 is 2.65 bits per heavy atom. The van der Waals surface area contributed by atoms with E-state index in [9.17, 15) is 33.1 Å². The second-order valence-electron chi connectivity index (χ2n) is 9.55. The number of hydrogen-bond donors (Lipinski definition) is 3. The highest BCUT2D eigenvalue weighted by Gasteiger charge is 2.60. The van der Waals surface area contributed by atoms with Crippen LogP contribution in [-0.4, -0.2) is 103 Å². The SMILES string of the molecule is C[C@@H](NC(=O)Cn1nnnc1C(F)F)[C@H]1C(=O)N2C(C(=O)O)=C(S[C@@H]3CN[C@H](C(=O)N(C)C)C3)[C@H](C)[C@H]12. The summed E-state index contributed by atoms with van der Waals surface area (Å²) in [6.45, 7) is 3.42. The monoisotopic (exact) mass is 542 g/mol. The summed E-state index contributed by atoms with van der Waals surface area (Å²) in [5.41, 5.74) is -0.0695. The molecule has 2 fully saturated rings. The molecule has 0 aliphatic carbocycles. The largest absolute Gasteiger partial charge is 0.477 e. The van der Waals surface area contributed by atoms with Gasteiger partial charge in [-0.15, -0.1) is 16.9 Å². The molecular weight excluding hydrogens is 514 g/mol. The van der Waals surface area contributed by atoms with Gasteiger partial charge in [-0.2, -0.15) is 0 Å². The molecule has 4 heterocycles. The summed E-state index contributed by atoms with van der Waals surface area (Å²) < 4.78 is 26.6. The number of β-lactam (4-membered cyclic amide) rings is 1. The zero-order chi connectivity index (χ0) is 27.2. The molecule has 0 spiro atoms. The van der Waals surface area contributed by atoms with Crippen molar-refractivity contribution in [3.05, 3.63) is 16.4 Å². The first kappa shape index (κ1) is 26.9. The average molecular weight is 543 g/mol. The van der Waals surface area contributed by atoms with Gasteiger partial charge in [0.25, 0.3) is 6.43 Å². The number of halogens is 2. The Bertz CT molecular complexity index is 1140. The van der Waals surface area contributed by atoms with Crippen molar-refractivity contribution in [1.82, 2.24) is 40.6 Å². The second kappa shape index (κ2) is 10.3. The van der Waals surface area contributed by atoms with Gasteiger partial charge >= 0.3 is 5.97 Å². The van der Waals surface area contributed by atoms with Crippen LogP contribution < -0.4 is 10.6 Å². The minimum Gasteiger partial charge on any atom is -0.477 e. The minimum absolute atomic E-state index is 0.0506. The van der Waals surface area contributed by atoms with E-state index in [-0.39, 0.29) is 28.8 Å². The third-order valence-electron chi connectivity index (χ3n) is 6.89. The first-order chi connectivity index (χ1) is 17.4. The molecule has 3 amide bonds. The second-order valence-corrected chi connectivity index (χ2v) is 10.9. The van der Waals surface area contributed by atoms with Crippen LogP contribution in [0.1, 0.15) is 32.5 Å². The van der Waals surface area contributed by atoms with Gasteiger partial charge in [-0.3, -0.25) is 14.4 Å². The number of nitrogens with zero attached hydrogens (tertiary/aromatic N) is 6. The molecule has 0 radical (unpaired) electrons. The lowest BCUT2D eigenvalue weighted by Gasteiger charge is -2.47. The van der Waals surface area contributed by atoms with Gasteiger partial charge in [0, 0.05) is 42.8 Å². The summed E-state index contributed by atoms with van der Waals surface area (Å²) >= 11 is 1.36. The van der Waals surface area contributed by atoms with E-state index in [1.165, 1.54) is 21.6 Å². The van der Waals surface area contributed by atoms with E-state index >= 15 is 0 Å². The quantitative estimate of drug-likeness (QED) is 0.345. The lowest BCUT2D eigenvalue weighted by atomic mass is 9.78. The fraction of sp³-hybridized carbons (Fsp3) is 0.667. The van der Waals surface area contributed by atoms with Crippen LogP contribution >= 0.6 is 11.8 Å². The van der Waals surface area contributed by atoms with Crippen molar-refractivity contribution in [3.8, 4) is 0 Å². The average Bonchev–Trinajstić information content (AvgIpc) is 3.52. The van der Waals surface area contributed by atoms with Crippen LogP contribution in [0.4, 0.5) is 8.78 Å². The Morgan fingerprint density at radius 1 is 1.32 bits per heavy atom. The highest BCUT2D eigenvalue weighted by Crippen LogP contribution is 2.51. The van der Waals surface area contributed by atoms with E-state index in [0.29, 0.717) is 22.6 Å². The van der Waals surface area contributed by atoms with Crippen molar-refractivity contribution in [2.24, 2.45) is 11.8 Å². The summed E-state index contributed by atoms with van der Waals surface area (Å²) in [6, 6.07) is -1.52. The number of carbonyl (C=O) groups excluding carboxylic acids is 3. The zero-order valence-electron chi connectivity index (χ0n) is 20.6. The third-order valence-corrected chi connectivity index (χ3v) is 8.40. The molecule has 6 atom stereocenters. The van der Waals surface area contributed by atoms with Gasteiger partial charge in [-0.25, -0.2) is 18.3 Å². The van der Waals surface area contributed by atoms with Crippen molar-refractivity contribution in [2.75, 3.05) is 20.6 Å². The standard InChI is InChI=1S/C21H28F2N8O5S/c1-8-14-13(9(2)25-12(32)7-30-18(17(22)23)26-27-28-30)20(34)31(14)15(21(35)36)16(8)37-10-5-11(24-6-10)19(33)29(3)4/h8-11,13-14,17,24H,5-7H2,1-4H3,(H,25,32)(H,35,36)/t8-,9-,10+,11+,13-,14-/m1/s1. The van der Waals surface area contributed by atoms with E-state index in [4.69, 9.17) is 0 Å². The van der Waals surface area contributed by atoms with E-state index in [2.05, 4.69) is 26.2 Å². The van der Waals surface area contributed by atoms with Gasteiger partial charge in [-0.1, -0.05) is 6.92 Å². The van der Waals surface area contributed by atoms with Crippen molar-refractivity contribution >= 4 is 35.5 Å². The highest BCUT2D eigenvalue weighted by molar-refractivity contribution is 8.03. The zero-order valence-corrected chi connectivity index (χ0v) is 21.4. The predicted octanol–water partition coefficient (Wildman–Crippen LogP) is -0.560. The number of rotatable bonds is 9. The molecule has 37 heavy (non-hydrogen) atoms. The number of aliphatic carboxylic acids is 1. The fourth-order valence-electron chi connectivity index (χ4n) is 5.17. The number of carboxylic acids is 1. The maximum atomic E-state index is 13.1. The molecule has 1 aromatic rings. The van der Waals surface area contributed by atoms with E-state index in [1.807, 2.05) is 6.92 Å². The van der Waals surface area contributed by atoms with Crippen LogP contribution in [0.2, 0.25) is 0 Å². The van der Waals surface area contributed by atoms with Crippen molar-refractivity contribution < 1.29 is 33.1 Å². The molecule has 3 aliphatic rings. The van der Waals surface area contributed by atoms with Gasteiger partial charge in [0.2, 0.25) is 23.5 Å². The topological polar surface area (TPSA) is 163 Å². The Labute approximate surface area is 215 Å². The predicted molar refractivity (Wildman–Crippen MR) is 125 cm³/mol. The molecule has 16 heteroatoms. The summed E-state index contributed by atoms with van der Waals surface area (Å²) in [7, 11) is 3.34. The summed E-state index contributed by atoms with van der Waals surface area (Å²) in [5, 5.41) is 25.4. The number of likely N-dealkylation sites (N-methyl/N-ethyl adjacent to an activating group) is 1. The number of hydrogen-bond acceptors (Lipinski definition) is 9. The maximum absolute atomic E-state index is 13.1. The van der Waals surface area contributed by atoms with Crippen LogP contribution in [0.5, 0.6) is 0 Å². The lowest BCUT2D eigenvalue weighted by molar-refractivity contribution is -0.158. The van der Waals surface area contributed by atoms with E-state index < -0.39 is 54.6 Å². The van der Waals surface area contributed by atoms with Gasteiger partial charge in [0.1, 0.15) is 12.2 Å². The summed E-state index contributed by atoms with van der Waals surface area (Å²) in [4.78, 5) is 53.3. The van der Waals surface area contributed by atoms with Gasteiger partial charge in [-0.05, 0) is 23.8 Å². The number of fused-ring (bicyclic) bond motifs is 1. The Balaban J connectivity index is 1.43. The molecule has 0 bridgehead atoms. The first-order valence-corrected chi connectivity index (χ1v) is 12.6.